The summed E-state index contributed by atoms with van der Waals surface area (Å²) in [5.74, 6) is 0.877. The molecule has 184 valence electrons. The van der Waals surface area contributed by atoms with Gasteiger partial charge in [-0.25, -0.2) is 4.68 Å². The number of hydrogen-bond donors (Lipinski definition) is 2. The highest BCUT2D eigenvalue weighted by Crippen LogP contribution is 2.39. The fraction of sp³-hybridized carbons (Fsp3) is 0.100. The number of anilines is 2. The van der Waals surface area contributed by atoms with Gasteiger partial charge in [-0.1, -0.05) is 91.0 Å². The summed E-state index contributed by atoms with van der Waals surface area (Å²) in [6.07, 6.45) is 1.79. The van der Waals surface area contributed by atoms with E-state index in [0.29, 0.717) is 13.1 Å². The third-order valence-electron chi connectivity index (χ3n) is 6.38. The summed E-state index contributed by atoms with van der Waals surface area (Å²) in [5.41, 5.74) is 3.59. The largest absolute Gasteiger partial charge is 0.383 e. The Kier molecular flexibility index (Phi) is 6.94. The molecule has 0 aliphatic rings. The van der Waals surface area contributed by atoms with Gasteiger partial charge in [0.1, 0.15) is 11.4 Å². The van der Waals surface area contributed by atoms with E-state index in [0.717, 1.165) is 28.2 Å². The zero-order valence-corrected chi connectivity index (χ0v) is 20.2. The zero-order chi connectivity index (χ0) is 25.5. The molecular weight excluding hydrogens is 462 g/mol. The lowest BCUT2D eigenvalue weighted by molar-refractivity contribution is -0.384. The van der Waals surface area contributed by atoms with E-state index in [9.17, 15) is 10.1 Å². The van der Waals surface area contributed by atoms with Gasteiger partial charge in [0.05, 0.1) is 17.7 Å². The Labute approximate surface area is 215 Å². The van der Waals surface area contributed by atoms with Crippen LogP contribution in [0, 0.1) is 10.1 Å². The first-order chi connectivity index (χ1) is 18.2. The highest BCUT2D eigenvalue weighted by Gasteiger charge is 2.37. The van der Waals surface area contributed by atoms with Crippen molar-refractivity contribution in [1.29, 1.82) is 0 Å². The fourth-order valence-electron chi connectivity index (χ4n) is 4.60. The molecule has 0 spiro atoms. The van der Waals surface area contributed by atoms with Gasteiger partial charge in [-0.05, 0) is 28.8 Å². The maximum Gasteiger partial charge on any atom is 0.269 e. The van der Waals surface area contributed by atoms with E-state index in [1.165, 1.54) is 12.1 Å². The predicted molar refractivity (Wildman–Crippen MR) is 147 cm³/mol. The summed E-state index contributed by atoms with van der Waals surface area (Å²) >= 11 is 0. The average Bonchev–Trinajstić information content (AvgIpc) is 3.40. The number of hydrogen-bond acceptors (Lipinski definition) is 5. The molecule has 0 fully saturated rings. The van der Waals surface area contributed by atoms with Crippen LogP contribution in [0.3, 0.4) is 0 Å². The second kappa shape index (κ2) is 10.8. The smallest absolute Gasteiger partial charge is 0.269 e. The van der Waals surface area contributed by atoms with E-state index in [1.807, 2.05) is 28.9 Å². The first kappa shape index (κ1) is 23.8. The van der Waals surface area contributed by atoms with E-state index in [2.05, 4.69) is 88.5 Å². The molecule has 5 aromatic rings. The molecule has 0 bridgehead atoms. The SMILES string of the molecule is O=[N+]([O-])c1ccc(NCCn2nccc2NC(c2ccccc2)(c2ccccc2)c2ccccc2)cc1. The molecule has 2 N–H and O–H groups in total. The van der Waals surface area contributed by atoms with Crippen LogP contribution in [0.5, 0.6) is 0 Å². The highest BCUT2D eigenvalue weighted by molar-refractivity contribution is 5.58. The van der Waals surface area contributed by atoms with Crippen molar-refractivity contribution in [1.82, 2.24) is 9.78 Å². The second-order valence-electron chi connectivity index (χ2n) is 8.64. The van der Waals surface area contributed by atoms with Crippen molar-refractivity contribution >= 4 is 17.2 Å². The number of nitro benzene ring substituents is 1. The summed E-state index contributed by atoms with van der Waals surface area (Å²) in [4.78, 5) is 10.5. The number of non-ortho nitro benzene ring substituents is 1. The standard InChI is InChI=1S/C30H27N5O2/c36-35(37)28-18-16-27(17-19-28)31-22-23-34-29(20-21-32-34)33-30(24-10-4-1-5-11-24,25-12-6-2-7-13-25)26-14-8-3-9-15-26/h1-21,31,33H,22-23H2. The van der Waals surface area contributed by atoms with Crippen molar-refractivity contribution in [3.8, 4) is 0 Å². The second-order valence-corrected chi connectivity index (χ2v) is 8.64. The predicted octanol–water partition coefficient (Wildman–Crippen LogP) is 6.31. The molecule has 7 heteroatoms. The molecule has 0 atom stereocenters. The number of aromatic nitrogens is 2. The number of nitro groups is 1. The van der Waals surface area contributed by atoms with Crippen LogP contribution in [-0.4, -0.2) is 21.2 Å². The van der Waals surface area contributed by atoms with Gasteiger partial charge in [0.2, 0.25) is 0 Å². The van der Waals surface area contributed by atoms with Gasteiger partial charge in [0, 0.05) is 30.4 Å². The van der Waals surface area contributed by atoms with Crippen LogP contribution in [0.4, 0.5) is 17.2 Å². The van der Waals surface area contributed by atoms with Crippen molar-refractivity contribution in [3.05, 3.63) is 154 Å². The van der Waals surface area contributed by atoms with Gasteiger partial charge in [-0.15, -0.1) is 0 Å². The molecule has 0 aliphatic heterocycles. The van der Waals surface area contributed by atoms with Crippen LogP contribution in [-0.2, 0) is 12.1 Å². The van der Waals surface area contributed by atoms with Gasteiger partial charge in [0.25, 0.3) is 5.69 Å². The van der Waals surface area contributed by atoms with Crippen LogP contribution < -0.4 is 10.6 Å². The van der Waals surface area contributed by atoms with Crippen LogP contribution >= 0.6 is 0 Å². The quantitative estimate of drug-likeness (QED) is 0.136. The van der Waals surface area contributed by atoms with Crippen molar-refractivity contribution in [2.24, 2.45) is 0 Å². The molecule has 4 aromatic carbocycles. The van der Waals surface area contributed by atoms with Crippen molar-refractivity contribution in [2.45, 2.75) is 12.1 Å². The van der Waals surface area contributed by atoms with Gasteiger partial charge in [-0.3, -0.25) is 10.1 Å². The van der Waals surface area contributed by atoms with Gasteiger partial charge >= 0.3 is 0 Å². The molecule has 1 heterocycles. The molecule has 0 unspecified atom stereocenters. The first-order valence-electron chi connectivity index (χ1n) is 12.1. The molecule has 5 rings (SSSR count). The van der Waals surface area contributed by atoms with Crippen molar-refractivity contribution in [3.63, 3.8) is 0 Å². The first-order valence-corrected chi connectivity index (χ1v) is 12.1. The Morgan fingerprint density at radius 2 is 1.24 bits per heavy atom. The maximum absolute atomic E-state index is 10.9. The zero-order valence-electron chi connectivity index (χ0n) is 20.2. The fourth-order valence-corrected chi connectivity index (χ4v) is 4.60. The lowest BCUT2D eigenvalue weighted by atomic mass is 9.77. The summed E-state index contributed by atoms with van der Waals surface area (Å²) in [7, 11) is 0. The Balaban J connectivity index is 1.46. The van der Waals surface area contributed by atoms with Crippen molar-refractivity contribution in [2.75, 3.05) is 17.2 Å². The summed E-state index contributed by atoms with van der Waals surface area (Å²) in [5, 5.41) is 22.7. The van der Waals surface area contributed by atoms with Crippen LogP contribution in [0.2, 0.25) is 0 Å². The molecule has 1 aromatic heterocycles. The van der Waals surface area contributed by atoms with Gasteiger partial charge in [-0.2, -0.15) is 5.10 Å². The van der Waals surface area contributed by atoms with Crippen LogP contribution in [0.15, 0.2) is 128 Å². The lowest BCUT2D eigenvalue weighted by Gasteiger charge is -2.37. The molecule has 37 heavy (non-hydrogen) atoms. The topological polar surface area (TPSA) is 85.0 Å². The van der Waals surface area contributed by atoms with Crippen LogP contribution in [0.1, 0.15) is 16.7 Å². The minimum Gasteiger partial charge on any atom is -0.383 e. The Bertz CT molecular complexity index is 1340. The minimum absolute atomic E-state index is 0.0724. The third-order valence-corrected chi connectivity index (χ3v) is 6.38. The maximum atomic E-state index is 10.9. The molecule has 0 radical (unpaired) electrons. The molecule has 7 nitrogen and oxygen atoms in total. The van der Waals surface area contributed by atoms with E-state index < -0.39 is 10.5 Å². The number of benzene rings is 4. The Hall–Kier alpha value is -4.91. The number of rotatable bonds is 10. The third kappa shape index (κ3) is 5.06. The average molecular weight is 490 g/mol. The summed E-state index contributed by atoms with van der Waals surface area (Å²) in [6, 6.07) is 39.7. The summed E-state index contributed by atoms with van der Waals surface area (Å²) < 4.78 is 1.93. The molecule has 0 saturated heterocycles. The molecule has 0 amide bonds. The molecule has 0 saturated carbocycles. The Morgan fingerprint density at radius 1 is 0.730 bits per heavy atom. The van der Waals surface area contributed by atoms with E-state index in [-0.39, 0.29) is 5.69 Å². The molecular formula is C30H27N5O2. The number of nitrogens with zero attached hydrogens (tertiary/aromatic N) is 3. The highest BCUT2D eigenvalue weighted by atomic mass is 16.6. The van der Waals surface area contributed by atoms with Gasteiger partial charge in [0.15, 0.2) is 0 Å². The van der Waals surface area contributed by atoms with Crippen LogP contribution in [0.25, 0.3) is 0 Å². The summed E-state index contributed by atoms with van der Waals surface area (Å²) in [6.45, 7) is 1.20. The lowest BCUT2D eigenvalue weighted by Crippen LogP contribution is -2.39. The number of nitrogens with one attached hydrogen (secondary N) is 2. The van der Waals surface area contributed by atoms with E-state index >= 15 is 0 Å². The van der Waals surface area contributed by atoms with E-state index in [4.69, 9.17) is 0 Å². The van der Waals surface area contributed by atoms with E-state index in [1.54, 1.807) is 18.3 Å². The van der Waals surface area contributed by atoms with Crippen molar-refractivity contribution < 1.29 is 4.92 Å². The Morgan fingerprint density at radius 3 is 1.73 bits per heavy atom. The molecule has 0 aliphatic carbocycles. The minimum atomic E-state index is -0.645. The van der Waals surface area contributed by atoms with Gasteiger partial charge < -0.3 is 10.6 Å². The normalized spacial score (nSPS) is 11.1. The monoisotopic (exact) mass is 489 g/mol.